The Morgan fingerprint density at radius 2 is 2.13 bits per heavy atom. The first-order valence-corrected chi connectivity index (χ1v) is 7.47. The summed E-state index contributed by atoms with van der Waals surface area (Å²) < 4.78 is 4.64. The normalized spacial score (nSPS) is 12.9. The second-order valence-corrected chi connectivity index (χ2v) is 5.18. The van der Waals surface area contributed by atoms with Crippen LogP contribution in [0.5, 0.6) is 0 Å². The number of allylic oxidation sites excluding steroid dienone is 1. The van der Waals surface area contributed by atoms with E-state index in [-0.39, 0.29) is 17.9 Å². The lowest BCUT2D eigenvalue weighted by molar-refractivity contribution is -0.110. The number of hydrogen-bond donors (Lipinski definition) is 3. The first-order valence-electron chi connectivity index (χ1n) is 6.59. The summed E-state index contributed by atoms with van der Waals surface area (Å²) in [6.07, 6.45) is 2.26. The van der Waals surface area contributed by atoms with Crippen molar-refractivity contribution >= 4 is 40.0 Å². The van der Waals surface area contributed by atoms with Gasteiger partial charge >= 0.3 is 6.09 Å². The van der Waals surface area contributed by atoms with Gasteiger partial charge in [0.15, 0.2) is 0 Å². The number of imide groups is 1. The molecule has 0 atom stereocenters. The highest BCUT2D eigenvalue weighted by Gasteiger charge is 2.19. The van der Waals surface area contributed by atoms with Gasteiger partial charge in [0.25, 0.3) is 11.8 Å². The monoisotopic (exact) mass is 334 g/mol. The lowest BCUT2D eigenvalue weighted by atomic mass is 10.2. The van der Waals surface area contributed by atoms with E-state index in [2.05, 4.69) is 32.5 Å². The predicted octanol–water partition coefficient (Wildman–Crippen LogP) is 1.60. The van der Waals surface area contributed by atoms with Gasteiger partial charge in [0.1, 0.15) is 10.7 Å². The molecule has 0 aliphatic carbocycles. The predicted molar refractivity (Wildman–Crippen MR) is 86.3 cm³/mol. The van der Waals surface area contributed by atoms with Crippen molar-refractivity contribution in [1.29, 1.82) is 0 Å². The fourth-order valence-electron chi connectivity index (χ4n) is 1.59. The molecule has 3 N–H and O–H groups in total. The third-order valence-electron chi connectivity index (χ3n) is 2.62. The average molecular weight is 334 g/mol. The number of amides is 3. The highest BCUT2D eigenvalue weighted by molar-refractivity contribution is 7.14. The van der Waals surface area contributed by atoms with Gasteiger partial charge in [-0.05, 0) is 30.5 Å². The van der Waals surface area contributed by atoms with E-state index in [4.69, 9.17) is 0 Å². The lowest BCUT2D eigenvalue weighted by Crippen LogP contribution is -2.32. The Hall–Kier alpha value is -2.94. The van der Waals surface area contributed by atoms with Crippen LogP contribution in [-0.4, -0.2) is 30.2 Å². The Labute approximate surface area is 135 Å². The van der Waals surface area contributed by atoms with E-state index in [1.807, 2.05) is 0 Å². The van der Waals surface area contributed by atoms with E-state index in [9.17, 15) is 14.4 Å². The summed E-state index contributed by atoms with van der Waals surface area (Å²) in [5.74, 6) is -1.15. The number of nitrogens with one attached hydrogen (secondary N) is 3. The van der Waals surface area contributed by atoms with Crippen LogP contribution in [0, 0.1) is 0 Å². The number of hydrazone groups is 1. The zero-order valence-corrected chi connectivity index (χ0v) is 13.0. The van der Waals surface area contributed by atoms with Crippen molar-refractivity contribution in [2.45, 2.75) is 6.92 Å². The van der Waals surface area contributed by atoms with Gasteiger partial charge in [-0.1, -0.05) is 6.58 Å². The number of nitrogens with zero attached hydrogens (tertiary/aromatic N) is 1. The van der Waals surface area contributed by atoms with Crippen LogP contribution < -0.4 is 16.1 Å². The van der Waals surface area contributed by atoms with E-state index in [0.717, 1.165) is 11.3 Å². The molecule has 0 fully saturated rings. The van der Waals surface area contributed by atoms with E-state index < -0.39 is 17.9 Å². The molecule has 0 radical (unpaired) electrons. The quantitative estimate of drug-likeness (QED) is 0.775. The van der Waals surface area contributed by atoms with Crippen LogP contribution in [0.1, 0.15) is 17.3 Å². The summed E-state index contributed by atoms with van der Waals surface area (Å²) in [7, 11) is 0. The van der Waals surface area contributed by atoms with Gasteiger partial charge in [-0.25, -0.2) is 4.79 Å². The summed E-state index contributed by atoms with van der Waals surface area (Å²) in [4.78, 5) is 35.4. The molecule has 2 rings (SSSR count). The van der Waals surface area contributed by atoms with Crippen LogP contribution in [0.4, 0.5) is 9.80 Å². The van der Waals surface area contributed by atoms with Gasteiger partial charge in [-0.3, -0.25) is 20.3 Å². The Kier molecular flexibility index (Phi) is 5.26. The van der Waals surface area contributed by atoms with Crippen LogP contribution >= 0.6 is 11.3 Å². The van der Waals surface area contributed by atoms with Crippen molar-refractivity contribution in [3.63, 3.8) is 0 Å². The maximum atomic E-state index is 12.1. The number of alkyl carbamates (subject to hydrolysis) is 1. The lowest BCUT2D eigenvalue weighted by Gasteiger charge is -2.10. The van der Waals surface area contributed by atoms with Crippen LogP contribution in [-0.2, 0) is 9.53 Å². The number of carbonyl (C=O) groups excluding carboxylic acids is 3. The smallest absolute Gasteiger partial charge is 0.414 e. The number of ether oxygens (including phenoxy) is 1. The van der Waals surface area contributed by atoms with Gasteiger partial charge in [0, 0.05) is 5.70 Å². The standard InChI is InChI=1S/C14H14N4O4S/c1-3-22-14(21)16-11(19)9-6-7-23-13(9)15-12(20)10-5-4-8(2)17-18-10/h4-7,17H,2-3H2,1H3,(H,15,20)(H,16,19,21). The van der Waals surface area contributed by atoms with Crippen molar-refractivity contribution in [1.82, 2.24) is 10.7 Å². The molecule has 1 aliphatic heterocycles. The third kappa shape index (κ3) is 4.27. The number of carbonyl (C=O) groups is 3. The number of rotatable bonds is 4. The van der Waals surface area contributed by atoms with Crippen molar-refractivity contribution in [3.8, 4) is 0 Å². The molecule has 2 heterocycles. The molecular formula is C14H14N4O4S. The molecule has 9 heteroatoms. The molecule has 0 aromatic carbocycles. The molecule has 0 unspecified atom stereocenters. The van der Waals surface area contributed by atoms with Crippen LogP contribution in [0.3, 0.4) is 0 Å². The van der Waals surface area contributed by atoms with Gasteiger partial charge in [0.2, 0.25) is 0 Å². The topological polar surface area (TPSA) is 109 Å². The van der Waals surface area contributed by atoms with Crippen molar-refractivity contribution < 1.29 is 19.1 Å². The molecule has 1 aliphatic rings. The molecule has 8 nitrogen and oxygen atoms in total. The van der Waals surface area contributed by atoms with Gasteiger partial charge in [-0.2, -0.15) is 5.10 Å². The largest absolute Gasteiger partial charge is 0.450 e. The molecule has 0 spiro atoms. The fourth-order valence-corrected chi connectivity index (χ4v) is 2.37. The highest BCUT2D eigenvalue weighted by atomic mass is 32.1. The number of anilines is 1. The minimum Gasteiger partial charge on any atom is -0.450 e. The van der Waals surface area contributed by atoms with Gasteiger partial charge in [0.05, 0.1) is 12.2 Å². The van der Waals surface area contributed by atoms with E-state index in [0.29, 0.717) is 10.7 Å². The minimum absolute atomic E-state index is 0.141. The maximum Gasteiger partial charge on any atom is 0.414 e. The molecular weight excluding hydrogens is 320 g/mol. The molecule has 3 amide bonds. The molecule has 120 valence electrons. The molecule has 0 saturated heterocycles. The summed E-state index contributed by atoms with van der Waals surface area (Å²) >= 11 is 1.15. The first kappa shape index (κ1) is 16.4. The maximum absolute atomic E-state index is 12.1. The van der Waals surface area contributed by atoms with Gasteiger partial charge < -0.3 is 10.1 Å². The van der Waals surface area contributed by atoms with Crippen LogP contribution in [0.15, 0.2) is 41.0 Å². The Balaban J connectivity index is 2.05. The third-order valence-corrected chi connectivity index (χ3v) is 3.45. The van der Waals surface area contributed by atoms with Crippen LogP contribution in [0.2, 0.25) is 0 Å². The van der Waals surface area contributed by atoms with Crippen LogP contribution in [0.25, 0.3) is 0 Å². The zero-order chi connectivity index (χ0) is 16.8. The van der Waals surface area contributed by atoms with Crippen molar-refractivity contribution in [2.24, 2.45) is 5.10 Å². The van der Waals surface area contributed by atoms with Crippen molar-refractivity contribution in [2.75, 3.05) is 11.9 Å². The van der Waals surface area contributed by atoms with Crippen molar-refractivity contribution in [3.05, 3.63) is 41.4 Å². The Morgan fingerprint density at radius 1 is 1.35 bits per heavy atom. The molecule has 23 heavy (non-hydrogen) atoms. The van der Waals surface area contributed by atoms with E-state index >= 15 is 0 Å². The summed E-state index contributed by atoms with van der Waals surface area (Å²) in [6, 6.07) is 1.49. The Morgan fingerprint density at radius 3 is 2.78 bits per heavy atom. The first-order chi connectivity index (χ1) is 11.0. The second kappa shape index (κ2) is 7.36. The summed E-state index contributed by atoms with van der Waals surface area (Å²) in [5.41, 5.74) is 3.44. The highest BCUT2D eigenvalue weighted by Crippen LogP contribution is 2.23. The zero-order valence-electron chi connectivity index (χ0n) is 12.2. The van der Waals surface area contributed by atoms with Gasteiger partial charge in [-0.15, -0.1) is 11.3 Å². The minimum atomic E-state index is -0.844. The molecule has 1 aromatic heterocycles. The Bertz CT molecular complexity index is 720. The number of hydrogen-bond acceptors (Lipinski definition) is 7. The fraction of sp³-hybridized carbons (Fsp3) is 0.143. The summed E-state index contributed by atoms with van der Waals surface area (Å²) in [5, 5.41) is 10.4. The molecule has 0 saturated carbocycles. The SMILES string of the molecule is C=C1C=CC(C(=O)Nc2sccc2C(=O)NC(=O)OCC)=NN1. The summed E-state index contributed by atoms with van der Waals surface area (Å²) in [6.45, 7) is 5.41. The second-order valence-electron chi connectivity index (χ2n) is 4.26. The van der Waals surface area contributed by atoms with E-state index in [1.165, 1.54) is 12.1 Å². The molecule has 1 aromatic rings. The number of thiophene rings is 1. The van der Waals surface area contributed by atoms with E-state index in [1.54, 1.807) is 18.4 Å². The molecule has 0 bridgehead atoms. The average Bonchev–Trinajstić information content (AvgIpc) is 2.96.